The average molecular weight is 348 g/mol. The van der Waals surface area contributed by atoms with E-state index in [1.165, 1.54) is 11.8 Å². The lowest BCUT2D eigenvalue weighted by atomic mass is 10.3. The molecule has 0 heterocycles. The van der Waals surface area contributed by atoms with E-state index in [4.69, 9.17) is 15.9 Å². The minimum Gasteiger partial charge on any atom is -0.465 e. The molecule has 22 heavy (non-hydrogen) atoms. The molecule has 0 bridgehead atoms. The predicted molar refractivity (Wildman–Crippen MR) is 86.7 cm³/mol. The van der Waals surface area contributed by atoms with Crippen LogP contribution in [0.4, 0.5) is 0 Å². The third-order valence-corrected chi connectivity index (χ3v) is 3.37. The minimum absolute atomic E-state index is 0.0329. The zero-order valence-electron chi connectivity index (χ0n) is 12.2. The third kappa shape index (κ3) is 13.6. The van der Waals surface area contributed by atoms with Gasteiger partial charge in [0.2, 0.25) is 0 Å². The summed E-state index contributed by atoms with van der Waals surface area (Å²) in [4.78, 5) is 33.2. The number of hydrogen-bond donors (Lipinski definition) is 1. The fraction of sp³-hybridized carbons (Fsp3) is 0.643. The molecule has 0 atom stereocenters. The van der Waals surface area contributed by atoms with Gasteiger partial charge in [0.15, 0.2) is 6.61 Å². The van der Waals surface area contributed by atoms with Crippen molar-refractivity contribution in [3.05, 3.63) is 0 Å². The van der Waals surface area contributed by atoms with Gasteiger partial charge in [0, 0.05) is 5.75 Å². The fourth-order valence-electron chi connectivity index (χ4n) is 1.17. The summed E-state index contributed by atoms with van der Waals surface area (Å²) in [6, 6.07) is 0. The molecule has 0 aliphatic carbocycles. The molecule has 8 heteroatoms. The van der Waals surface area contributed by atoms with E-state index in [1.54, 1.807) is 0 Å². The molecule has 6 nitrogen and oxygen atoms in total. The molecule has 0 aliphatic heterocycles. The van der Waals surface area contributed by atoms with Crippen LogP contribution in [0.15, 0.2) is 0 Å². The summed E-state index contributed by atoms with van der Waals surface area (Å²) < 4.78 is 14.5. The standard InChI is InChI=1S/C14H20O6S2/c1-2-6-18-12(15)5-9-22-11-14(17)20-8-4-3-7-19-13(16)10-21/h1,21H,3-11H2. The lowest BCUT2D eigenvalue weighted by Gasteiger charge is -2.05. The van der Waals surface area contributed by atoms with Crippen molar-refractivity contribution in [2.45, 2.75) is 19.3 Å². The summed E-state index contributed by atoms with van der Waals surface area (Å²) >= 11 is 5.07. The number of ether oxygens (including phenoxy) is 3. The number of carbonyl (C=O) groups is 3. The second-order valence-electron chi connectivity index (χ2n) is 3.97. The number of rotatable bonds is 12. The Labute approximate surface area is 140 Å². The molecule has 0 spiro atoms. The van der Waals surface area contributed by atoms with E-state index in [2.05, 4.69) is 23.3 Å². The van der Waals surface area contributed by atoms with E-state index >= 15 is 0 Å². The Bertz CT molecular complexity index is 391. The first-order valence-electron chi connectivity index (χ1n) is 6.69. The number of thioether (sulfide) groups is 1. The van der Waals surface area contributed by atoms with Crippen LogP contribution in [-0.4, -0.2) is 55.0 Å². The quantitative estimate of drug-likeness (QED) is 0.186. The van der Waals surface area contributed by atoms with E-state index < -0.39 is 0 Å². The van der Waals surface area contributed by atoms with Crippen molar-refractivity contribution in [2.75, 3.05) is 37.1 Å². The van der Waals surface area contributed by atoms with Gasteiger partial charge in [0.25, 0.3) is 0 Å². The molecule has 0 aromatic carbocycles. The molecule has 0 aromatic heterocycles. The van der Waals surface area contributed by atoms with Gasteiger partial charge in [-0.3, -0.25) is 14.4 Å². The van der Waals surface area contributed by atoms with E-state index in [-0.39, 0.29) is 49.0 Å². The van der Waals surface area contributed by atoms with Crippen LogP contribution in [0.5, 0.6) is 0 Å². The van der Waals surface area contributed by atoms with Crippen molar-refractivity contribution < 1.29 is 28.6 Å². The SMILES string of the molecule is C#CCOC(=O)CCSCC(=O)OCCCCOC(=O)CS. The second-order valence-corrected chi connectivity index (χ2v) is 5.39. The van der Waals surface area contributed by atoms with E-state index in [0.29, 0.717) is 25.2 Å². The molecular formula is C14H20O6S2. The van der Waals surface area contributed by atoms with Crippen molar-refractivity contribution in [3.8, 4) is 12.3 Å². The highest BCUT2D eigenvalue weighted by atomic mass is 32.2. The van der Waals surface area contributed by atoms with Crippen LogP contribution in [-0.2, 0) is 28.6 Å². The van der Waals surface area contributed by atoms with Crippen LogP contribution in [0.3, 0.4) is 0 Å². The topological polar surface area (TPSA) is 78.9 Å². The molecule has 0 N–H and O–H groups in total. The van der Waals surface area contributed by atoms with Crippen LogP contribution in [0.25, 0.3) is 0 Å². The Morgan fingerprint density at radius 3 is 2.23 bits per heavy atom. The Hall–Kier alpha value is -1.33. The molecule has 0 saturated carbocycles. The van der Waals surface area contributed by atoms with Gasteiger partial charge in [-0.15, -0.1) is 18.2 Å². The van der Waals surface area contributed by atoms with Gasteiger partial charge in [0.1, 0.15) is 0 Å². The van der Waals surface area contributed by atoms with Crippen LogP contribution in [0.2, 0.25) is 0 Å². The zero-order valence-corrected chi connectivity index (χ0v) is 14.0. The Balaban J connectivity index is 3.38. The molecule has 0 amide bonds. The highest BCUT2D eigenvalue weighted by Crippen LogP contribution is 2.04. The fourth-order valence-corrected chi connectivity index (χ4v) is 1.97. The summed E-state index contributed by atoms with van der Waals surface area (Å²) in [5, 5.41) is 0. The number of terminal acetylenes is 1. The van der Waals surface area contributed by atoms with Gasteiger partial charge in [-0.05, 0) is 12.8 Å². The van der Waals surface area contributed by atoms with Gasteiger partial charge in [-0.2, -0.15) is 12.6 Å². The normalized spacial score (nSPS) is 9.64. The maximum atomic E-state index is 11.4. The monoisotopic (exact) mass is 348 g/mol. The molecule has 0 rings (SSSR count). The highest BCUT2D eigenvalue weighted by molar-refractivity contribution is 7.99. The lowest BCUT2D eigenvalue weighted by molar-refractivity contribution is -0.143. The van der Waals surface area contributed by atoms with Crippen molar-refractivity contribution >= 4 is 42.3 Å². The summed E-state index contributed by atoms with van der Waals surface area (Å²) in [6.45, 7) is 0.544. The molecule has 0 aromatic rings. The van der Waals surface area contributed by atoms with Gasteiger partial charge < -0.3 is 14.2 Å². The highest BCUT2D eigenvalue weighted by Gasteiger charge is 2.06. The van der Waals surface area contributed by atoms with Gasteiger partial charge in [-0.1, -0.05) is 5.92 Å². The number of carbonyl (C=O) groups excluding carboxylic acids is 3. The molecule has 0 radical (unpaired) electrons. The minimum atomic E-state index is -0.380. The van der Waals surface area contributed by atoms with Crippen molar-refractivity contribution in [3.63, 3.8) is 0 Å². The molecule has 0 saturated heterocycles. The summed E-state index contributed by atoms with van der Waals surface area (Å²) in [7, 11) is 0. The van der Waals surface area contributed by atoms with Crippen LogP contribution < -0.4 is 0 Å². The molecular weight excluding hydrogens is 328 g/mol. The maximum absolute atomic E-state index is 11.4. The van der Waals surface area contributed by atoms with Crippen molar-refractivity contribution in [2.24, 2.45) is 0 Å². The van der Waals surface area contributed by atoms with Crippen LogP contribution in [0.1, 0.15) is 19.3 Å². The Morgan fingerprint density at radius 1 is 1.00 bits per heavy atom. The smallest absolute Gasteiger partial charge is 0.315 e. The van der Waals surface area contributed by atoms with Crippen molar-refractivity contribution in [1.82, 2.24) is 0 Å². The number of esters is 3. The first-order valence-corrected chi connectivity index (χ1v) is 8.47. The molecule has 0 unspecified atom stereocenters. The van der Waals surface area contributed by atoms with Gasteiger partial charge >= 0.3 is 17.9 Å². The number of thiol groups is 1. The van der Waals surface area contributed by atoms with E-state index in [1.807, 2.05) is 0 Å². The summed E-state index contributed by atoms with van der Waals surface area (Å²) in [6.07, 6.45) is 6.40. The molecule has 0 aliphatic rings. The summed E-state index contributed by atoms with van der Waals surface area (Å²) in [5.41, 5.74) is 0. The first kappa shape index (κ1) is 20.7. The maximum Gasteiger partial charge on any atom is 0.315 e. The van der Waals surface area contributed by atoms with Crippen LogP contribution >= 0.6 is 24.4 Å². The van der Waals surface area contributed by atoms with Crippen molar-refractivity contribution in [1.29, 1.82) is 0 Å². The van der Waals surface area contributed by atoms with Gasteiger partial charge in [0.05, 0.1) is 31.1 Å². The average Bonchev–Trinajstić information content (AvgIpc) is 2.52. The van der Waals surface area contributed by atoms with E-state index in [9.17, 15) is 14.4 Å². The largest absolute Gasteiger partial charge is 0.465 e. The number of hydrogen-bond acceptors (Lipinski definition) is 8. The van der Waals surface area contributed by atoms with Crippen LogP contribution in [0, 0.1) is 12.3 Å². The van der Waals surface area contributed by atoms with Gasteiger partial charge in [-0.25, -0.2) is 0 Å². The Kier molecular flexibility index (Phi) is 13.7. The second kappa shape index (κ2) is 14.6. The first-order chi connectivity index (χ1) is 10.6. The Morgan fingerprint density at radius 2 is 1.64 bits per heavy atom. The lowest BCUT2D eigenvalue weighted by Crippen LogP contribution is -2.11. The zero-order chi connectivity index (χ0) is 16.6. The molecule has 0 fully saturated rings. The third-order valence-electron chi connectivity index (χ3n) is 2.18. The predicted octanol–water partition coefficient (Wildman–Crippen LogP) is 1.08. The van der Waals surface area contributed by atoms with E-state index in [0.717, 1.165) is 0 Å². The number of unbranched alkanes of at least 4 members (excludes halogenated alkanes) is 1. The molecule has 124 valence electrons. The summed E-state index contributed by atoms with van der Waals surface area (Å²) in [5.74, 6) is 1.82.